The molecule has 1 aromatic rings. The number of methoxy groups -OCH3 is 1. The van der Waals surface area contributed by atoms with E-state index in [0.717, 1.165) is 38.5 Å². The van der Waals surface area contributed by atoms with Crippen LogP contribution in [0.1, 0.15) is 44.9 Å². The molecule has 0 unspecified atom stereocenters. The van der Waals surface area contributed by atoms with Crippen LogP contribution < -0.4 is 15.4 Å². The fourth-order valence-corrected chi connectivity index (χ4v) is 5.49. The van der Waals surface area contributed by atoms with E-state index in [1.54, 1.807) is 12.1 Å². The largest absolute Gasteiger partial charge is 0.497 e. The molecule has 1 heterocycles. The van der Waals surface area contributed by atoms with Gasteiger partial charge >= 0.3 is 11.8 Å². The Hall–Kier alpha value is -2.17. The van der Waals surface area contributed by atoms with E-state index in [-0.39, 0.29) is 24.0 Å². The lowest BCUT2D eigenvalue weighted by Gasteiger charge is -2.34. The second-order valence-electron chi connectivity index (χ2n) is 7.84. The molecule has 1 aromatic carbocycles. The number of carbonyl (C=O) groups excluding carboxylic acids is 2. The fourth-order valence-electron chi connectivity index (χ4n) is 3.92. The first kappa shape index (κ1) is 23.5. The van der Waals surface area contributed by atoms with Gasteiger partial charge in [-0.05, 0) is 43.5 Å². The van der Waals surface area contributed by atoms with Crippen LogP contribution in [0.3, 0.4) is 0 Å². The molecular weight excluding hydrogens is 422 g/mol. The Bertz CT molecular complexity index is 850. The molecule has 9 nitrogen and oxygen atoms in total. The average Bonchev–Trinajstić information content (AvgIpc) is 3.06. The molecule has 0 bridgehead atoms. The maximum atomic E-state index is 13.1. The van der Waals surface area contributed by atoms with Crippen LogP contribution in [0.4, 0.5) is 0 Å². The molecule has 2 amide bonds. The zero-order chi connectivity index (χ0) is 22.3. The minimum absolute atomic E-state index is 0.0126. The Balaban J connectivity index is 1.59. The predicted molar refractivity (Wildman–Crippen MR) is 114 cm³/mol. The van der Waals surface area contributed by atoms with E-state index in [1.165, 1.54) is 23.5 Å². The van der Waals surface area contributed by atoms with Gasteiger partial charge in [0.25, 0.3) is 0 Å². The third-order valence-corrected chi connectivity index (χ3v) is 7.56. The highest BCUT2D eigenvalue weighted by Crippen LogP contribution is 2.24. The van der Waals surface area contributed by atoms with Gasteiger partial charge in [0, 0.05) is 12.6 Å². The minimum Gasteiger partial charge on any atom is -0.497 e. The lowest BCUT2D eigenvalue weighted by molar-refractivity contribution is -0.140. The topological polar surface area (TPSA) is 114 Å². The summed E-state index contributed by atoms with van der Waals surface area (Å²) >= 11 is 0. The van der Waals surface area contributed by atoms with Crippen molar-refractivity contribution in [2.45, 2.75) is 62.1 Å². The summed E-state index contributed by atoms with van der Waals surface area (Å²) in [6.45, 7) is 0.541. The molecule has 1 atom stereocenters. The molecule has 172 valence electrons. The van der Waals surface area contributed by atoms with Crippen LogP contribution in [0.15, 0.2) is 29.2 Å². The van der Waals surface area contributed by atoms with E-state index in [2.05, 4.69) is 10.6 Å². The lowest BCUT2D eigenvalue weighted by Crippen LogP contribution is -2.53. The van der Waals surface area contributed by atoms with Crippen molar-refractivity contribution < 1.29 is 27.5 Å². The Morgan fingerprint density at radius 1 is 1.06 bits per heavy atom. The van der Waals surface area contributed by atoms with Crippen LogP contribution in [-0.4, -0.2) is 63.6 Å². The third kappa shape index (κ3) is 6.18. The van der Waals surface area contributed by atoms with Gasteiger partial charge in [0.15, 0.2) is 0 Å². The van der Waals surface area contributed by atoms with Crippen LogP contribution in [0.5, 0.6) is 5.75 Å². The molecule has 0 aromatic heterocycles. The molecule has 1 saturated carbocycles. The van der Waals surface area contributed by atoms with E-state index < -0.39 is 28.1 Å². The molecule has 1 aliphatic heterocycles. The van der Waals surface area contributed by atoms with Crippen molar-refractivity contribution in [2.75, 3.05) is 26.8 Å². The van der Waals surface area contributed by atoms with Gasteiger partial charge in [-0.25, -0.2) is 8.42 Å². The maximum Gasteiger partial charge on any atom is 0.309 e. The van der Waals surface area contributed by atoms with E-state index in [9.17, 15) is 18.0 Å². The lowest BCUT2D eigenvalue weighted by atomic mass is 10.1. The van der Waals surface area contributed by atoms with Crippen LogP contribution in [-0.2, 0) is 24.3 Å². The van der Waals surface area contributed by atoms with Gasteiger partial charge in [-0.3, -0.25) is 9.59 Å². The summed E-state index contributed by atoms with van der Waals surface area (Å²) in [5.74, 6) is -0.912. The van der Waals surface area contributed by atoms with Crippen molar-refractivity contribution in [1.29, 1.82) is 0 Å². The predicted octanol–water partition coefficient (Wildman–Crippen LogP) is 1.39. The Morgan fingerprint density at radius 2 is 1.74 bits per heavy atom. The molecule has 1 saturated heterocycles. The summed E-state index contributed by atoms with van der Waals surface area (Å²) in [6.07, 6.45) is 5.79. The van der Waals surface area contributed by atoms with Gasteiger partial charge in [0.05, 0.1) is 25.2 Å². The number of hydrogen-bond donors (Lipinski definition) is 2. The van der Waals surface area contributed by atoms with Crippen LogP contribution in [0.2, 0.25) is 0 Å². The molecule has 10 heteroatoms. The first-order valence-corrected chi connectivity index (χ1v) is 12.2. The van der Waals surface area contributed by atoms with Crippen LogP contribution >= 0.6 is 0 Å². The summed E-state index contributed by atoms with van der Waals surface area (Å²) in [6, 6.07) is 6.11. The van der Waals surface area contributed by atoms with Crippen molar-refractivity contribution in [3.8, 4) is 5.75 Å². The van der Waals surface area contributed by atoms with Crippen molar-refractivity contribution in [3.05, 3.63) is 24.3 Å². The first-order valence-electron chi connectivity index (χ1n) is 10.8. The quantitative estimate of drug-likeness (QED) is 0.497. The van der Waals surface area contributed by atoms with Crippen molar-refractivity contribution in [2.24, 2.45) is 0 Å². The molecule has 2 aliphatic rings. The highest BCUT2D eigenvalue weighted by molar-refractivity contribution is 7.89. The summed E-state index contributed by atoms with van der Waals surface area (Å²) in [5, 5.41) is 5.32. The van der Waals surface area contributed by atoms with Crippen molar-refractivity contribution >= 4 is 21.8 Å². The highest BCUT2D eigenvalue weighted by atomic mass is 32.2. The van der Waals surface area contributed by atoms with Gasteiger partial charge in [-0.1, -0.05) is 25.7 Å². The van der Waals surface area contributed by atoms with Gasteiger partial charge < -0.3 is 20.1 Å². The number of rotatable bonds is 6. The monoisotopic (exact) mass is 453 g/mol. The second-order valence-corrected chi connectivity index (χ2v) is 9.73. The molecule has 0 radical (unpaired) electrons. The molecule has 2 fully saturated rings. The molecule has 2 N–H and O–H groups in total. The summed E-state index contributed by atoms with van der Waals surface area (Å²) in [4.78, 5) is 24.6. The maximum absolute atomic E-state index is 13.1. The number of ether oxygens (including phenoxy) is 2. The van der Waals surface area contributed by atoms with E-state index in [0.29, 0.717) is 18.8 Å². The van der Waals surface area contributed by atoms with Gasteiger partial charge in [-0.15, -0.1) is 0 Å². The SMILES string of the molecule is COc1ccc(S(=O)(=O)N2CCCO[C@H]2CNC(=O)C(=O)NC2CCCCCC2)cc1. The number of nitrogens with one attached hydrogen (secondary N) is 2. The smallest absolute Gasteiger partial charge is 0.309 e. The number of sulfonamides is 1. The number of amides is 2. The van der Waals surface area contributed by atoms with Gasteiger partial charge in [-0.2, -0.15) is 4.31 Å². The second kappa shape index (κ2) is 10.9. The number of carbonyl (C=O) groups is 2. The zero-order valence-corrected chi connectivity index (χ0v) is 18.7. The third-order valence-electron chi connectivity index (χ3n) is 5.65. The molecule has 3 rings (SSSR count). The molecule has 1 aliphatic carbocycles. The number of hydrogen-bond acceptors (Lipinski definition) is 6. The average molecular weight is 454 g/mol. The summed E-state index contributed by atoms with van der Waals surface area (Å²) in [5.41, 5.74) is 0. The summed E-state index contributed by atoms with van der Waals surface area (Å²) < 4.78 is 38.1. The summed E-state index contributed by atoms with van der Waals surface area (Å²) in [7, 11) is -2.32. The number of nitrogens with zero attached hydrogens (tertiary/aromatic N) is 1. The van der Waals surface area contributed by atoms with E-state index in [1.807, 2.05) is 0 Å². The van der Waals surface area contributed by atoms with Crippen molar-refractivity contribution in [3.63, 3.8) is 0 Å². The first-order chi connectivity index (χ1) is 14.9. The van der Waals surface area contributed by atoms with Crippen LogP contribution in [0.25, 0.3) is 0 Å². The molecule has 31 heavy (non-hydrogen) atoms. The molecular formula is C21H31N3O6S. The standard InChI is InChI=1S/C21H31N3O6S/c1-29-17-9-11-18(12-10-17)31(27,28)24-13-6-14-30-19(24)15-22-20(25)21(26)23-16-7-4-2-3-5-8-16/h9-12,16,19H,2-8,13-15H2,1H3,(H,22,25)(H,23,26)/t19-/m0/s1. The van der Waals surface area contributed by atoms with Crippen LogP contribution in [0, 0.1) is 0 Å². The van der Waals surface area contributed by atoms with E-state index >= 15 is 0 Å². The Kier molecular flexibility index (Phi) is 8.28. The Labute approximate surface area is 183 Å². The zero-order valence-electron chi connectivity index (χ0n) is 17.8. The van der Waals surface area contributed by atoms with Crippen molar-refractivity contribution in [1.82, 2.24) is 14.9 Å². The van der Waals surface area contributed by atoms with E-state index in [4.69, 9.17) is 9.47 Å². The fraction of sp³-hybridized carbons (Fsp3) is 0.619. The molecule has 0 spiro atoms. The normalized spacial score (nSPS) is 21.1. The Morgan fingerprint density at radius 3 is 2.39 bits per heavy atom. The highest BCUT2D eigenvalue weighted by Gasteiger charge is 2.35. The number of benzene rings is 1. The van der Waals surface area contributed by atoms with Gasteiger partial charge in [0.1, 0.15) is 12.0 Å². The van der Waals surface area contributed by atoms with Gasteiger partial charge in [0.2, 0.25) is 10.0 Å². The minimum atomic E-state index is -3.83.